The molecule has 0 aliphatic carbocycles. The SMILES string of the molecule is COc1cc(CNC(=O)[C@@H]2COC(=O)N2Cc2ccc(SC)cc2)cc(OC)c1. The molecule has 3 rings (SSSR count). The van der Waals surface area contributed by atoms with E-state index in [-0.39, 0.29) is 19.1 Å². The number of cyclic esters (lactones) is 1. The van der Waals surface area contributed by atoms with E-state index in [1.807, 2.05) is 42.7 Å². The molecule has 2 aromatic carbocycles. The van der Waals surface area contributed by atoms with E-state index in [1.165, 1.54) is 4.90 Å². The van der Waals surface area contributed by atoms with Crippen molar-refractivity contribution in [2.24, 2.45) is 0 Å². The van der Waals surface area contributed by atoms with Crippen LogP contribution in [0.4, 0.5) is 4.79 Å². The van der Waals surface area contributed by atoms with Crippen molar-refractivity contribution in [3.63, 3.8) is 0 Å². The average molecular weight is 416 g/mol. The number of hydrogen-bond acceptors (Lipinski definition) is 6. The molecule has 0 spiro atoms. The first-order chi connectivity index (χ1) is 14.0. The molecule has 1 fully saturated rings. The van der Waals surface area contributed by atoms with Crippen molar-refractivity contribution in [2.45, 2.75) is 24.0 Å². The Labute approximate surface area is 174 Å². The first kappa shape index (κ1) is 20.9. The van der Waals surface area contributed by atoms with E-state index < -0.39 is 12.1 Å². The zero-order chi connectivity index (χ0) is 20.8. The van der Waals surface area contributed by atoms with Crippen molar-refractivity contribution in [1.82, 2.24) is 10.2 Å². The number of nitrogens with one attached hydrogen (secondary N) is 1. The smallest absolute Gasteiger partial charge is 0.410 e. The molecule has 0 unspecified atom stereocenters. The van der Waals surface area contributed by atoms with Gasteiger partial charge in [-0.2, -0.15) is 0 Å². The Balaban J connectivity index is 1.65. The van der Waals surface area contributed by atoms with Crippen molar-refractivity contribution in [1.29, 1.82) is 0 Å². The van der Waals surface area contributed by atoms with E-state index >= 15 is 0 Å². The first-order valence-corrected chi connectivity index (χ1v) is 10.3. The zero-order valence-electron chi connectivity index (χ0n) is 16.6. The molecule has 1 aliphatic heterocycles. The van der Waals surface area contributed by atoms with Crippen molar-refractivity contribution < 1.29 is 23.8 Å². The molecule has 7 nitrogen and oxygen atoms in total. The van der Waals surface area contributed by atoms with Crippen LogP contribution in [0.15, 0.2) is 47.4 Å². The van der Waals surface area contributed by atoms with Gasteiger partial charge in [-0.05, 0) is 41.6 Å². The number of ether oxygens (including phenoxy) is 3. The summed E-state index contributed by atoms with van der Waals surface area (Å²) in [6, 6.07) is 12.6. The van der Waals surface area contributed by atoms with Crippen LogP contribution < -0.4 is 14.8 Å². The van der Waals surface area contributed by atoms with Crippen LogP contribution in [0, 0.1) is 0 Å². The van der Waals surface area contributed by atoms with Crippen LogP contribution in [0.5, 0.6) is 11.5 Å². The lowest BCUT2D eigenvalue weighted by Crippen LogP contribution is -2.45. The fourth-order valence-electron chi connectivity index (χ4n) is 3.05. The molecule has 2 amide bonds. The summed E-state index contributed by atoms with van der Waals surface area (Å²) < 4.78 is 15.6. The number of thioether (sulfide) groups is 1. The summed E-state index contributed by atoms with van der Waals surface area (Å²) in [6.45, 7) is 0.640. The lowest BCUT2D eigenvalue weighted by molar-refractivity contribution is -0.125. The molecule has 1 atom stereocenters. The third-order valence-corrected chi connectivity index (χ3v) is 5.41. The predicted octanol–water partition coefficient (Wildman–Crippen LogP) is 3.06. The summed E-state index contributed by atoms with van der Waals surface area (Å²) in [5.74, 6) is 1.02. The van der Waals surface area contributed by atoms with Crippen molar-refractivity contribution in [3.05, 3.63) is 53.6 Å². The number of rotatable bonds is 8. The minimum absolute atomic E-state index is 0.0367. The van der Waals surface area contributed by atoms with Gasteiger partial charge in [0.25, 0.3) is 0 Å². The Morgan fingerprint density at radius 3 is 2.38 bits per heavy atom. The van der Waals surface area contributed by atoms with Gasteiger partial charge in [0.15, 0.2) is 0 Å². The second kappa shape index (κ2) is 9.56. The number of hydrogen-bond donors (Lipinski definition) is 1. The molecule has 0 radical (unpaired) electrons. The standard InChI is InChI=1S/C21H24N2O5S/c1-26-16-8-15(9-17(10-16)27-2)11-22-20(24)19-13-28-21(25)23(19)12-14-4-6-18(29-3)7-5-14/h4-10,19H,11-13H2,1-3H3,(H,22,24)/t19-/m0/s1. The topological polar surface area (TPSA) is 77.1 Å². The Bertz CT molecular complexity index is 850. The molecule has 1 aliphatic rings. The van der Waals surface area contributed by atoms with Gasteiger partial charge in [-0.15, -0.1) is 11.8 Å². The Hall–Kier alpha value is -2.87. The minimum Gasteiger partial charge on any atom is -0.497 e. The maximum atomic E-state index is 12.7. The lowest BCUT2D eigenvalue weighted by Gasteiger charge is -2.21. The molecule has 0 aromatic heterocycles. The second-order valence-electron chi connectivity index (χ2n) is 6.51. The van der Waals surface area contributed by atoms with Crippen LogP contribution >= 0.6 is 11.8 Å². The normalized spacial score (nSPS) is 15.8. The Morgan fingerprint density at radius 1 is 1.14 bits per heavy atom. The van der Waals surface area contributed by atoms with E-state index in [0.29, 0.717) is 18.0 Å². The number of carbonyl (C=O) groups is 2. The van der Waals surface area contributed by atoms with Gasteiger partial charge in [0.05, 0.1) is 20.8 Å². The summed E-state index contributed by atoms with van der Waals surface area (Å²) in [4.78, 5) is 27.5. The summed E-state index contributed by atoms with van der Waals surface area (Å²) in [6.07, 6.45) is 1.52. The lowest BCUT2D eigenvalue weighted by atomic mass is 10.1. The highest BCUT2D eigenvalue weighted by Gasteiger charge is 2.37. The van der Waals surface area contributed by atoms with Gasteiger partial charge in [0, 0.05) is 17.5 Å². The number of amides is 2. The van der Waals surface area contributed by atoms with Crippen molar-refractivity contribution in [3.8, 4) is 11.5 Å². The Morgan fingerprint density at radius 2 is 1.79 bits per heavy atom. The van der Waals surface area contributed by atoms with Crippen LogP contribution in [-0.4, -0.2) is 50.0 Å². The molecule has 1 N–H and O–H groups in total. The fraction of sp³-hybridized carbons (Fsp3) is 0.333. The third-order valence-electron chi connectivity index (χ3n) is 4.67. The fourth-order valence-corrected chi connectivity index (χ4v) is 3.45. The van der Waals surface area contributed by atoms with Crippen molar-refractivity contribution >= 4 is 23.8 Å². The highest BCUT2D eigenvalue weighted by molar-refractivity contribution is 7.98. The van der Waals surface area contributed by atoms with Gasteiger partial charge in [-0.3, -0.25) is 9.69 Å². The van der Waals surface area contributed by atoms with Gasteiger partial charge < -0.3 is 19.5 Å². The number of methoxy groups -OCH3 is 2. The average Bonchev–Trinajstić information content (AvgIpc) is 3.12. The minimum atomic E-state index is -0.671. The molecule has 1 heterocycles. The molecule has 29 heavy (non-hydrogen) atoms. The zero-order valence-corrected chi connectivity index (χ0v) is 17.5. The number of carbonyl (C=O) groups excluding carboxylic acids is 2. The van der Waals surface area contributed by atoms with Crippen LogP contribution in [0.2, 0.25) is 0 Å². The second-order valence-corrected chi connectivity index (χ2v) is 7.39. The van der Waals surface area contributed by atoms with Gasteiger partial charge in [-0.25, -0.2) is 4.79 Å². The maximum absolute atomic E-state index is 12.7. The van der Waals surface area contributed by atoms with Gasteiger partial charge in [0.2, 0.25) is 5.91 Å². The van der Waals surface area contributed by atoms with Gasteiger partial charge in [-0.1, -0.05) is 12.1 Å². The third kappa shape index (κ3) is 5.14. The molecule has 0 bridgehead atoms. The molecular weight excluding hydrogens is 392 g/mol. The summed E-state index contributed by atoms with van der Waals surface area (Å²) in [5.41, 5.74) is 1.77. The van der Waals surface area contributed by atoms with Gasteiger partial charge in [0.1, 0.15) is 24.1 Å². The molecule has 0 saturated carbocycles. The maximum Gasteiger partial charge on any atom is 0.410 e. The predicted molar refractivity (Wildman–Crippen MR) is 110 cm³/mol. The van der Waals surface area contributed by atoms with Gasteiger partial charge >= 0.3 is 6.09 Å². The van der Waals surface area contributed by atoms with Crippen LogP contribution in [0.25, 0.3) is 0 Å². The quantitative estimate of drug-likeness (QED) is 0.667. The monoisotopic (exact) mass is 416 g/mol. The van der Waals surface area contributed by atoms with E-state index in [1.54, 1.807) is 32.0 Å². The van der Waals surface area contributed by atoms with E-state index in [2.05, 4.69) is 5.32 Å². The molecular formula is C21H24N2O5S. The van der Waals surface area contributed by atoms with E-state index in [9.17, 15) is 9.59 Å². The van der Waals surface area contributed by atoms with Crippen LogP contribution in [0.1, 0.15) is 11.1 Å². The molecule has 154 valence electrons. The highest BCUT2D eigenvalue weighted by atomic mass is 32.2. The van der Waals surface area contributed by atoms with E-state index in [0.717, 1.165) is 16.0 Å². The number of nitrogens with zero attached hydrogens (tertiary/aromatic N) is 1. The summed E-state index contributed by atoms with van der Waals surface area (Å²) in [7, 11) is 3.14. The highest BCUT2D eigenvalue weighted by Crippen LogP contribution is 2.23. The van der Waals surface area contributed by atoms with Crippen LogP contribution in [0.3, 0.4) is 0 Å². The largest absolute Gasteiger partial charge is 0.497 e. The van der Waals surface area contributed by atoms with Crippen LogP contribution in [-0.2, 0) is 22.6 Å². The van der Waals surface area contributed by atoms with E-state index in [4.69, 9.17) is 14.2 Å². The molecule has 1 saturated heterocycles. The molecule has 2 aromatic rings. The van der Waals surface area contributed by atoms with Crippen molar-refractivity contribution in [2.75, 3.05) is 27.1 Å². The Kier molecular flexibility index (Phi) is 6.87. The first-order valence-electron chi connectivity index (χ1n) is 9.10. The number of benzene rings is 2. The summed E-state index contributed by atoms with van der Waals surface area (Å²) in [5, 5.41) is 2.87. The summed E-state index contributed by atoms with van der Waals surface area (Å²) >= 11 is 1.65. The molecule has 8 heteroatoms.